The Morgan fingerprint density at radius 1 is 1.10 bits per heavy atom. The molecule has 29 heavy (non-hydrogen) atoms. The number of hydrogen-bond donors (Lipinski definition) is 3. The molecule has 1 heterocycles. The van der Waals surface area contributed by atoms with Gasteiger partial charge in [-0.15, -0.1) is 0 Å². The lowest BCUT2D eigenvalue weighted by molar-refractivity contribution is 0.0950. The summed E-state index contributed by atoms with van der Waals surface area (Å²) in [7, 11) is 1.28. The average Bonchev–Trinajstić information content (AvgIpc) is 2.74. The van der Waals surface area contributed by atoms with Gasteiger partial charge < -0.3 is 15.8 Å². The minimum Gasteiger partial charge on any atom is -0.453 e. The molecule has 0 unspecified atom stereocenters. The first kappa shape index (κ1) is 20.2. The Labute approximate surface area is 172 Å². The molecule has 148 valence electrons. The molecule has 0 aliphatic carbocycles. The molecule has 0 fully saturated rings. The number of amides is 2. The molecule has 1 aromatic heterocycles. The van der Waals surface area contributed by atoms with Crippen molar-refractivity contribution in [2.24, 2.45) is 0 Å². The molecule has 7 nitrogen and oxygen atoms in total. The fourth-order valence-corrected chi connectivity index (χ4v) is 2.79. The van der Waals surface area contributed by atoms with Gasteiger partial charge in [-0.1, -0.05) is 17.7 Å². The van der Waals surface area contributed by atoms with Crippen LogP contribution in [0.3, 0.4) is 0 Å². The van der Waals surface area contributed by atoms with E-state index in [1.165, 1.54) is 7.11 Å². The number of nitrogens with two attached hydrogens (primary N) is 1. The van der Waals surface area contributed by atoms with Crippen LogP contribution in [-0.2, 0) is 11.3 Å². The van der Waals surface area contributed by atoms with Crippen molar-refractivity contribution in [2.75, 3.05) is 18.2 Å². The van der Waals surface area contributed by atoms with Gasteiger partial charge in [-0.05, 0) is 48.5 Å². The first-order chi connectivity index (χ1) is 14.0. The summed E-state index contributed by atoms with van der Waals surface area (Å²) in [6.07, 6.45) is 1.12. The molecule has 0 aliphatic heterocycles. The number of aromatic nitrogens is 1. The van der Waals surface area contributed by atoms with Crippen molar-refractivity contribution >= 4 is 35.0 Å². The van der Waals surface area contributed by atoms with Crippen LogP contribution in [-0.4, -0.2) is 24.1 Å². The SMILES string of the molecule is COC(=O)Nc1ccc(C(=O)NCc2ccc(-c3cc(Cl)ccc3N)cn2)cc1. The zero-order valence-corrected chi connectivity index (χ0v) is 16.4. The molecular formula is C21H19ClN4O3. The molecule has 8 heteroatoms. The zero-order chi connectivity index (χ0) is 20.8. The van der Waals surface area contributed by atoms with Crippen LogP contribution in [0.15, 0.2) is 60.8 Å². The monoisotopic (exact) mass is 410 g/mol. The second-order valence-corrected chi connectivity index (χ2v) is 6.58. The number of carbonyl (C=O) groups is 2. The molecule has 0 radical (unpaired) electrons. The van der Waals surface area contributed by atoms with Gasteiger partial charge in [0.05, 0.1) is 19.3 Å². The van der Waals surface area contributed by atoms with Gasteiger partial charge in [0.15, 0.2) is 0 Å². The molecule has 2 amide bonds. The minimum absolute atomic E-state index is 0.250. The molecule has 0 bridgehead atoms. The predicted octanol–water partition coefficient (Wildman–Crippen LogP) is 4.09. The summed E-state index contributed by atoms with van der Waals surface area (Å²) < 4.78 is 4.52. The number of rotatable bonds is 5. The fraction of sp³-hybridized carbons (Fsp3) is 0.0952. The third kappa shape index (κ3) is 5.24. The van der Waals surface area contributed by atoms with Gasteiger partial charge in [-0.3, -0.25) is 15.1 Å². The summed E-state index contributed by atoms with van der Waals surface area (Å²) in [5.41, 5.74) is 9.95. The molecule has 0 spiro atoms. The molecule has 3 aromatic rings. The minimum atomic E-state index is -0.573. The van der Waals surface area contributed by atoms with Crippen LogP contribution in [0.25, 0.3) is 11.1 Å². The standard InChI is InChI=1S/C21H19ClN4O3/c1-29-21(28)26-16-6-2-13(3-7-16)20(27)25-12-17-8-4-14(11-24-17)18-10-15(22)5-9-19(18)23/h2-11H,12,23H2,1H3,(H,25,27)(H,26,28). The summed E-state index contributed by atoms with van der Waals surface area (Å²) in [5.74, 6) is -0.250. The summed E-state index contributed by atoms with van der Waals surface area (Å²) in [6, 6.07) is 15.4. The highest BCUT2D eigenvalue weighted by Crippen LogP contribution is 2.28. The van der Waals surface area contributed by atoms with E-state index in [0.717, 1.165) is 11.1 Å². The molecular weight excluding hydrogens is 392 g/mol. The van der Waals surface area contributed by atoms with Crippen LogP contribution in [0, 0.1) is 0 Å². The number of ether oxygens (including phenoxy) is 1. The van der Waals surface area contributed by atoms with E-state index >= 15 is 0 Å². The summed E-state index contributed by atoms with van der Waals surface area (Å²) in [4.78, 5) is 27.8. The Morgan fingerprint density at radius 2 is 1.86 bits per heavy atom. The van der Waals surface area contributed by atoms with Crippen molar-refractivity contribution in [1.29, 1.82) is 0 Å². The second-order valence-electron chi connectivity index (χ2n) is 6.15. The Kier molecular flexibility index (Phi) is 6.31. The van der Waals surface area contributed by atoms with Crippen molar-refractivity contribution in [3.63, 3.8) is 0 Å². The van der Waals surface area contributed by atoms with E-state index in [1.54, 1.807) is 48.7 Å². The van der Waals surface area contributed by atoms with Crippen LogP contribution in [0.4, 0.5) is 16.2 Å². The Hall–Kier alpha value is -3.58. The van der Waals surface area contributed by atoms with Gasteiger partial charge in [0.25, 0.3) is 5.91 Å². The topological polar surface area (TPSA) is 106 Å². The highest BCUT2D eigenvalue weighted by molar-refractivity contribution is 6.31. The number of anilines is 2. The highest BCUT2D eigenvalue weighted by atomic mass is 35.5. The summed E-state index contributed by atoms with van der Waals surface area (Å²) in [6.45, 7) is 0.270. The van der Waals surface area contributed by atoms with Gasteiger partial charge >= 0.3 is 6.09 Å². The Balaban J connectivity index is 1.60. The largest absolute Gasteiger partial charge is 0.453 e. The number of nitrogen functional groups attached to an aromatic ring is 1. The number of nitrogens with zero attached hydrogens (tertiary/aromatic N) is 1. The number of nitrogens with one attached hydrogen (secondary N) is 2. The van der Waals surface area contributed by atoms with Crippen LogP contribution in [0.5, 0.6) is 0 Å². The van der Waals surface area contributed by atoms with Crippen molar-refractivity contribution < 1.29 is 14.3 Å². The summed E-state index contributed by atoms with van der Waals surface area (Å²) >= 11 is 6.03. The Morgan fingerprint density at radius 3 is 2.52 bits per heavy atom. The fourth-order valence-electron chi connectivity index (χ4n) is 2.61. The normalized spacial score (nSPS) is 10.3. The first-order valence-electron chi connectivity index (χ1n) is 8.70. The number of carbonyl (C=O) groups excluding carboxylic acids is 2. The lowest BCUT2D eigenvalue weighted by Gasteiger charge is -2.09. The lowest BCUT2D eigenvalue weighted by Crippen LogP contribution is -2.23. The maximum Gasteiger partial charge on any atom is 0.411 e. The van der Waals surface area contributed by atoms with E-state index in [1.807, 2.05) is 12.1 Å². The predicted molar refractivity (Wildman–Crippen MR) is 113 cm³/mol. The quantitative estimate of drug-likeness (QED) is 0.549. The maximum absolute atomic E-state index is 12.3. The van der Waals surface area contributed by atoms with Crippen LogP contribution < -0.4 is 16.4 Å². The maximum atomic E-state index is 12.3. The first-order valence-corrected chi connectivity index (χ1v) is 9.07. The lowest BCUT2D eigenvalue weighted by atomic mass is 10.1. The third-order valence-corrected chi connectivity index (χ3v) is 4.40. The van der Waals surface area contributed by atoms with E-state index in [0.29, 0.717) is 27.7 Å². The molecule has 0 saturated heterocycles. The van der Waals surface area contributed by atoms with Gasteiger partial charge in [0.2, 0.25) is 0 Å². The van der Waals surface area contributed by atoms with Crippen molar-refractivity contribution in [3.05, 3.63) is 77.1 Å². The number of halogens is 1. The molecule has 2 aromatic carbocycles. The van der Waals surface area contributed by atoms with E-state index in [4.69, 9.17) is 17.3 Å². The highest BCUT2D eigenvalue weighted by Gasteiger charge is 2.08. The van der Waals surface area contributed by atoms with Gasteiger partial charge in [0, 0.05) is 39.3 Å². The molecule has 3 rings (SSSR count). The average molecular weight is 411 g/mol. The number of pyridine rings is 1. The zero-order valence-electron chi connectivity index (χ0n) is 15.6. The van der Waals surface area contributed by atoms with Crippen LogP contribution in [0.2, 0.25) is 5.02 Å². The van der Waals surface area contributed by atoms with Crippen molar-refractivity contribution in [3.8, 4) is 11.1 Å². The van der Waals surface area contributed by atoms with Crippen molar-refractivity contribution in [2.45, 2.75) is 6.54 Å². The van der Waals surface area contributed by atoms with E-state index in [9.17, 15) is 9.59 Å². The smallest absolute Gasteiger partial charge is 0.411 e. The number of hydrogen-bond acceptors (Lipinski definition) is 5. The number of methoxy groups -OCH3 is 1. The van der Waals surface area contributed by atoms with E-state index < -0.39 is 6.09 Å². The number of benzene rings is 2. The molecule has 0 atom stereocenters. The van der Waals surface area contributed by atoms with E-state index in [2.05, 4.69) is 20.4 Å². The van der Waals surface area contributed by atoms with E-state index in [-0.39, 0.29) is 12.5 Å². The van der Waals surface area contributed by atoms with Gasteiger partial charge in [-0.2, -0.15) is 0 Å². The summed E-state index contributed by atoms with van der Waals surface area (Å²) in [5, 5.41) is 5.92. The van der Waals surface area contributed by atoms with Crippen LogP contribution in [0.1, 0.15) is 16.1 Å². The molecule has 0 aliphatic rings. The molecule has 0 saturated carbocycles. The van der Waals surface area contributed by atoms with Crippen molar-refractivity contribution in [1.82, 2.24) is 10.3 Å². The van der Waals surface area contributed by atoms with Gasteiger partial charge in [0.1, 0.15) is 0 Å². The third-order valence-electron chi connectivity index (χ3n) is 4.16. The van der Waals surface area contributed by atoms with Gasteiger partial charge in [-0.25, -0.2) is 4.79 Å². The molecule has 4 N–H and O–H groups in total. The van der Waals surface area contributed by atoms with Crippen LogP contribution >= 0.6 is 11.6 Å². The Bertz CT molecular complexity index is 1020. The second kappa shape index (κ2) is 9.07.